The van der Waals surface area contributed by atoms with Gasteiger partial charge in [0.1, 0.15) is 0 Å². The summed E-state index contributed by atoms with van der Waals surface area (Å²) in [4.78, 5) is 48.5. The highest BCUT2D eigenvalue weighted by molar-refractivity contribution is 5.88. The Balaban J connectivity index is -0.0000000909. The van der Waals surface area contributed by atoms with Gasteiger partial charge in [-0.3, -0.25) is 19.2 Å². The molecule has 0 atom stereocenters. The van der Waals surface area contributed by atoms with E-state index in [2.05, 4.69) is 0 Å². The van der Waals surface area contributed by atoms with E-state index in [-0.39, 0.29) is 34.7 Å². The molecule has 0 aromatic rings. The van der Waals surface area contributed by atoms with E-state index in [9.17, 15) is 14.4 Å². The van der Waals surface area contributed by atoms with Crippen molar-refractivity contribution in [3.63, 3.8) is 0 Å². The van der Waals surface area contributed by atoms with Crippen LogP contribution < -0.4 is 0 Å². The summed E-state index contributed by atoms with van der Waals surface area (Å²) in [5.74, 6) is -6.69. The minimum atomic E-state index is -2.74. The molecule has 0 saturated heterocycles. The van der Waals surface area contributed by atoms with Crippen LogP contribution in [0.4, 0.5) is 0 Å². The van der Waals surface area contributed by atoms with Gasteiger partial charge in [-0.25, -0.2) is 4.79 Å². The molecule has 0 aromatic carbocycles. The summed E-state index contributed by atoms with van der Waals surface area (Å²) in [6, 6.07) is 0. The van der Waals surface area contributed by atoms with E-state index in [0.717, 1.165) is 13.8 Å². The van der Waals surface area contributed by atoms with E-state index in [1.54, 1.807) is 0 Å². The Morgan fingerprint density at radius 1 is 0.696 bits per heavy atom. The summed E-state index contributed by atoms with van der Waals surface area (Å²) in [5.41, 5.74) is -2.74. The molecule has 0 radical (unpaired) electrons. The van der Waals surface area contributed by atoms with Crippen LogP contribution in [0, 0.1) is 0 Å². The summed E-state index contributed by atoms with van der Waals surface area (Å²) in [6.45, 7) is 2.17. The summed E-state index contributed by atoms with van der Waals surface area (Å²) < 4.78 is 0. The highest BCUT2D eigenvalue weighted by Gasteiger charge is 2.40. The van der Waals surface area contributed by atoms with Crippen LogP contribution in [0.2, 0.25) is 0 Å². The molecule has 134 valence electrons. The fourth-order valence-electron chi connectivity index (χ4n) is 0.714. The topological polar surface area (TPSA) is 207 Å². The second-order valence-electron chi connectivity index (χ2n) is 3.52. The molecule has 0 amide bonds. The average Bonchev–Trinajstić information content (AvgIpc) is 2.11. The molecule has 0 bridgehead atoms. The number of aliphatic hydroxyl groups is 1. The Hall–Kier alpha value is -1.63. The number of hydrogen-bond acceptors (Lipinski definition) is 6. The van der Waals surface area contributed by atoms with Crippen LogP contribution in [0.5, 0.6) is 0 Å². The van der Waals surface area contributed by atoms with Crippen LogP contribution in [0.25, 0.3) is 0 Å². The Bertz CT molecular complexity index is 372. The highest BCUT2D eigenvalue weighted by atomic mass is 27.0. The van der Waals surface area contributed by atoms with Crippen molar-refractivity contribution in [1.29, 1.82) is 0 Å². The van der Waals surface area contributed by atoms with Gasteiger partial charge in [0.15, 0.2) is 40.3 Å². The number of carboxylic acid groups (broad SMARTS) is 5. The third kappa shape index (κ3) is 33.3. The summed E-state index contributed by atoms with van der Waals surface area (Å²) in [6.07, 6.45) is -2.29. The Morgan fingerprint density at radius 3 is 0.957 bits per heavy atom. The molecule has 0 aromatic heterocycles. The fourth-order valence-corrected chi connectivity index (χ4v) is 0.714. The molecule has 0 rings (SSSR count). The SMILES string of the molecule is CC(=O)O.CC(=O)O.O=C(O)CC(O)(CC(=O)O)C(=O)O.[AlH3].[AlH3]. The molecule has 0 unspecified atom stereocenters. The summed E-state index contributed by atoms with van der Waals surface area (Å²) in [7, 11) is 0. The van der Waals surface area contributed by atoms with E-state index < -0.39 is 48.3 Å². The van der Waals surface area contributed by atoms with Gasteiger partial charge in [-0.2, -0.15) is 0 Å². The zero-order valence-electron chi connectivity index (χ0n) is 11.1. The van der Waals surface area contributed by atoms with E-state index in [1.165, 1.54) is 0 Å². The van der Waals surface area contributed by atoms with Gasteiger partial charge < -0.3 is 30.6 Å². The lowest BCUT2D eigenvalue weighted by molar-refractivity contribution is -0.170. The maximum atomic E-state index is 10.3. The molecule has 6 N–H and O–H groups in total. The largest absolute Gasteiger partial charge is 0.481 e. The first-order valence-corrected chi connectivity index (χ1v) is 5.03. The normalized spacial score (nSPS) is 8.30. The number of carboxylic acids is 5. The average molecular weight is 372 g/mol. The van der Waals surface area contributed by atoms with Crippen molar-refractivity contribution in [3.05, 3.63) is 0 Å². The predicted molar refractivity (Wildman–Crippen MR) is 83.6 cm³/mol. The number of aliphatic carboxylic acids is 5. The lowest BCUT2D eigenvalue weighted by Crippen LogP contribution is -2.42. The van der Waals surface area contributed by atoms with Crippen molar-refractivity contribution in [1.82, 2.24) is 0 Å². The molecule has 0 spiro atoms. The van der Waals surface area contributed by atoms with Gasteiger partial charge in [0.25, 0.3) is 11.9 Å². The number of carbonyl (C=O) groups is 5. The molecule has 0 saturated carbocycles. The van der Waals surface area contributed by atoms with Crippen LogP contribution in [0.15, 0.2) is 0 Å². The molecule has 11 nitrogen and oxygen atoms in total. The first-order valence-electron chi connectivity index (χ1n) is 5.03. The summed E-state index contributed by atoms with van der Waals surface area (Å²) >= 11 is 0. The van der Waals surface area contributed by atoms with Gasteiger partial charge in [0, 0.05) is 13.8 Å². The third-order valence-corrected chi connectivity index (χ3v) is 1.29. The highest BCUT2D eigenvalue weighted by Crippen LogP contribution is 2.15. The van der Waals surface area contributed by atoms with E-state index in [4.69, 9.17) is 40.2 Å². The molecular formula is C10H22Al2O11. The lowest BCUT2D eigenvalue weighted by atomic mass is 9.96. The van der Waals surface area contributed by atoms with E-state index in [1.807, 2.05) is 0 Å². The monoisotopic (exact) mass is 372 g/mol. The lowest BCUT2D eigenvalue weighted by Gasteiger charge is -2.18. The molecule has 13 heteroatoms. The van der Waals surface area contributed by atoms with Gasteiger partial charge in [0.2, 0.25) is 0 Å². The third-order valence-electron chi connectivity index (χ3n) is 1.29. The quantitative estimate of drug-likeness (QED) is 0.262. The van der Waals surface area contributed by atoms with Crippen LogP contribution in [0.1, 0.15) is 26.7 Å². The smallest absolute Gasteiger partial charge is 0.336 e. The van der Waals surface area contributed by atoms with Crippen LogP contribution in [-0.2, 0) is 24.0 Å². The Labute approximate surface area is 151 Å². The molecule has 0 aliphatic carbocycles. The van der Waals surface area contributed by atoms with Gasteiger partial charge >= 0.3 is 17.9 Å². The van der Waals surface area contributed by atoms with Crippen molar-refractivity contribution in [2.45, 2.75) is 32.3 Å². The number of hydrogen-bond donors (Lipinski definition) is 6. The molecule has 0 aliphatic heterocycles. The molecular weight excluding hydrogens is 350 g/mol. The minimum absolute atomic E-state index is 0. The van der Waals surface area contributed by atoms with Gasteiger partial charge in [-0.05, 0) is 0 Å². The van der Waals surface area contributed by atoms with Gasteiger partial charge in [-0.15, -0.1) is 0 Å². The first-order chi connectivity index (χ1) is 9.24. The standard InChI is InChI=1S/C6H8O7.2C2H4O2.2Al.6H/c7-3(8)1-6(13,5(11)12)2-4(9)10;2*1-2(3)4;;;;;;;;/h13H,1-2H2,(H,7,8)(H,9,10)(H,11,12);2*1H3,(H,3,4);;;;;;;;. The first kappa shape index (κ1) is 33.1. The second-order valence-corrected chi connectivity index (χ2v) is 3.52. The van der Waals surface area contributed by atoms with Crippen LogP contribution in [0.3, 0.4) is 0 Å². The Kier molecular flexibility index (Phi) is 24.1. The van der Waals surface area contributed by atoms with Crippen molar-refractivity contribution in [3.8, 4) is 0 Å². The molecule has 0 fully saturated rings. The molecule has 0 aliphatic rings. The molecule has 23 heavy (non-hydrogen) atoms. The van der Waals surface area contributed by atoms with Crippen LogP contribution in [-0.4, -0.2) is 101 Å². The maximum absolute atomic E-state index is 10.3. The predicted octanol–water partition coefficient (Wildman–Crippen LogP) is -3.43. The summed E-state index contributed by atoms with van der Waals surface area (Å²) in [5, 5.41) is 48.6. The second kappa shape index (κ2) is 16.7. The van der Waals surface area contributed by atoms with Crippen molar-refractivity contribution in [2.75, 3.05) is 0 Å². The maximum Gasteiger partial charge on any atom is 0.336 e. The van der Waals surface area contributed by atoms with Crippen molar-refractivity contribution < 1.29 is 54.6 Å². The molecule has 0 heterocycles. The fraction of sp³-hybridized carbons (Fsp3) is 0.500. The van der Waals surface area contributed by atoms with E-state index >= 15 is 0 Å². The van der Waals surface area contributed by atoms with Crippen molar-refractivity contribution in [2.24, 2.45) is 0 Å². The number of rotatable bonds is 5. The zero-order valence-corrected chi connectivity index (χ0v) is 11.1. The Morgan fingerprint density at radius 2 is 0.870 bits per heavy atom. The van der Waals surface area contributed by atoms with Crippen molar-refractivity contribution >= 4 is 64.6 Å². The zero-order chi connectivity index (χ0) is 17.8. The minimum Gasteiger partial charge on any atom is -0.481 e. The van der Waals surface area contributed by atoms with Gasteiger partial charge in [-0.1, -0.05) is 0 Å². The van der Waals surface area contributed by atoms with Crippen LogP contribution >= 0.6 is 0 Å². The van der Waals surface area contributed by atoms with Gasteiger partial charge in [0.05, 0.1) is 12.8 Å². The van der Waals surface area contributed by atoms with E-state index in [0.29, 0.717) is 0 Å².